The maximum atomic E-state index is 14.2. The molecule has 3 rings (SSSR count). The minimum absolute atomic E-state index is 0.0386. The van der Waals surface area contributed by atoms with Crippen molar-refractivity contribution in [2.24, 2.45) is 17.8 Å². The summed E-state index contributed by atoms with van der Waals surface area (Å²) in [6.45, 7) is 11.8. The predicted molar refractivity (Wildman–Crippen MR) is 217 cm³/mol. The Morgan fingerprint density at radius 1 is 0.929 bits per heavy atom. The fourth-order valence-corrected chi connectivity index (χ4v) is 8.35. The molecule has 1 aliphatic rings. The van der Waals surface area contributed by atoms with Crippen molar-refractivity contribution in [1.82, 2.24) is 30.7 Å². The van der Waals surface area contributed by atoms with Crippen LogP contribution < -0.4 is 16.0 Å². The Kier molecular flexibility index (Phi) is 18.8. The third kappa shape index (κ3) is 12.3. The molecule has 15 heteroatoms. The molecule has 10 atom stereocenters. The number of nitrogens with zero attached hydrogens (tertiary/aromatic N) is 3. The van der Waals surface area contributed by atoms with Gasteiger partial charge < -0.3 is 39.8 Å². The van der Waals surface area contributed by atoms with Gasteiger partial charge in [0.2, 0.25) is 17.7 Å². The molecule has 14 nitrogen and oxygen atoms in total. The SMILES string of the molecule is CC[C@H](C)C([C@H](CC(=O)NCC1O[C@H](C(=O)N[C@@H](Cc2ccccc2)c2nccs2)[C@@H](OC)[C@@H]1OC)OC)N(C)C(=O)[C@@H](NC(=O)[C@H](C(C)C)N(C)C)C(C)C. The van der Waals surface area contributed by atoms with E-state index in [9.17, 15) is 19.2 Å². The zero-order valence-electron chi connectivity index (χ0n) is 35.3. The fourth-order valence-electron chi connectivity index (χ4n) is 7.66. The summed E-state index contributed by atoms with van der Waals surface area (Å²) in [5, 5.41) is 11.7. The Morgan fingerprint density at radius 2 is 1.59 bits per heavy atom. The zero-order valence-corrected chi connectivity index (χ0v) is 36.1. The second kappa shape index (κ2) is 22.5. The number of hydrogen-bond acceptors (Lipinski definition) is 11. The Balaban J connectivity index is 1.72. The van der Waals surface area contributed by atoms with Crippen LogP contribution in [-0.2, 0) is 44.5 Å². The molecule has 1 fully saturated rings. The number of carbonyl (C=O) groups excluding carboxylic acids is 4. The van der Waals surface area contributed by atoms with Gasteiger partial charge in [-0.15, -0.1) is 11.3 Å². The number of methoxy groups -OCH3 is 3. The van der Waals surface area contributed by atoms with Crippen molar-refractivity contribution in [1.29, 1.82) is 0 Å². The minimum Gasteiger partial charge on any atom is -0.379 e. The van der Waals surface area contributed by atoms with Gasteiger partial charge in [-0.3, -0.25) is 24.1 Å². The van der Waals surface area contributed by atoms with E-state index in [1.54, 1.807) is 18.1 Å². The molecule has 3 N–H and O–H groups in total. The second-order valence-corrected chi connectivity index (χ2v) is 16.5. The van der Waals surface area contributed by atoms with Crippen molar-refractivity contribution in [2.45, 2.75) is 115 Å². The molecule has 1 aliphatic heterocycles. The Bertz CT molecular complexity index is 1500. The van der Waals surface area contributed by atoms with Crippen LogP contribution in [0.3, 0.4) is 0 Å². The Labute approximate surface area is 337 Å². The number of ether oxygens (including phenoxy) is 4. The van der Waals surface area contributed by atoms with Crippen LogP contribution >= 0.6 is 11.3 Å². The number of benzene rings is 1. The van der Waals surface area contributed by atoms with Crippen molar-refractivity contribution >= 4 is 35.0 Å². The van der Waals surface area contributed by atoms with E-state index in [2.05, 4.69) is 20.9 Å². The molecule has 0 spiro atoms. The van der Waals surface area contributed by atoms with E-state index in [1.165, 1.54) is 32.7 Å². The number of nitrogens with one attached hydrogen (secondary N) is 3. The number of likely N-dealkylation sites (N-methyl/N-ethyl adjacent to an activating group) is 2. The van der Waals surface area contributed by atoms with Gasteiger partial charge in [0, 0.05) is 46.5 Å². The molecule has 1 aromatic heterocycles. The average molecular weight is 803 g/mol. The first kappa shape index (κ1) is 46.9. The highest BCUT2D eigenvalue weighted by molar-refractivity contribution is 7.09. The summed E-state index contributed by atoms with van der Waals surface area (Å²) in [4.78, 5) is 62.9. The maximum Gasteiger partial charge on any atom is 0.252 e. The van der Waals surface area contributed by atoms with Crippen LogP contribution in [0.5, 0.6) is 0 Å². The minimum atomic E-state index is -1.01. The molecule has 2 aromatic rings. The summed E-state index contributed by atoms with van der Waals surface area (Å²) in [6.07, 6.45) is -0.820. The first-order valence-electron chi connectivity index (χ1n) is 19.6. The van der Waals surface area contributed by atoms with Crippen molar-refractivity contribution in [3.05, 3.63) is 52.5 Å². The van der Waals surface area contributed by atoms with E-state index in [0.717, 1.165) is 17.0 Å². The van der Waals surface area contributed by atoms with Crippen LogP contribution in [0.4, 0.5) is 0 Å². The monoisotopic (exact) mass is 802 g/mol. The van der Waals surface area contributed by atoms with Gasteiger partial charge >= 0.3 is 0 Å². The Morgan fingerprint density at radius 3 is 2.11 bits per heavy atom. The smallest absolute Gasteiger partial charge is 0.252 e. The van der Waals surface area contributed by atoms with Gasteiger partial charge in [-0.1, -0.05) is 78.3 Å². The van der Waals surface area contributed by atoms with Gasteiger partial charge in [0.05, 0.1) is 30.7 Å². The van der Waals surface area contributed by atoms with Gasteiger partial charge in [0.15, 0.2) is 6.10 Å². The van der Waals surface area contributed by atoms with E-state index < -0.39 is 48.6 Å². The molecule has 0 aliphatic carbocycles. The number of rotatable bonds is 22. The van der Waals surface area contributed by atoms with E-state index in [1.807, 2.05) is 96.2 Å². The lowest BCUT2D eigenvalue weighted by Gasteiger charge is -2.40. The molecule has 2 heterocycles. The highest BCUT2D eigenvalue weighted by atomic mass is 32.1. The first-order chi connectivity index (χ1) is 26.6. The van der Waals surface area contributed by atoms with Crippen molar-refractivity contribution < 1.29 is 38.1 Å². The van der Waals surface area contributed by atoms with Crippen LogP contribution in [0.1, 0.15) is 71.0 Å². The summed E-state index contributed by atoms with van der Waals surface area (Å²) in [5.41, 5.74) is 1.05. The van der Waals surface area contributed by atoms with Crippen LogP contribution in [0, 0.1) is 17.8 Å². The number of amides is 4. The van der Waals surface area contributed by atoms with E-state index in [4.69, 9.17) is 18.9 Å². The van der Waals surface area contributed by atoms with Gasteiger partial charge in [0.25, 0.3) is 5.91 Å². The van der Waals surface area contributed by atoms with Gasteiger partial charge in [0.1, 0.15) is 29.4 Å². The van der Waals surface area contributed by atoms with E-state index in [-0.39, 0.29) is 60.4 Å². The summed E-state index contributed by atoms with van der Waals surface area (Å²) in [5.74, 6) is -1.34. The summed E-state index contributed by atoms with van der Waals surface area (Å²) in [7, 11) is 9.96. The fraction of sp³-hybridized carbons (Fsp3) is 0.683. The molecule has 2 unspecified atom stereocenters. The number of carbonyl (C=O) groups is 4. The van der Waals surface area contributed by atoms with E-state index in [0.29, 0.717) is 6.42 Å². The van der Waals surface area contributed by atoms with Crippen molar-refractivity contribution in [3.63, 3.8) is 0 Å². The maximum absolute atomic E-state index is 14.2. The molecule has 56 heavy (non-hydrogen) atoms. The average Bonchev–Trinajstić information content (AvgIpc) is 3.83. The summed E-state index contributed by atoms with van der Waals surface area (Å²) < 4.78 is 23.7. The van der Waals surface area contributed by atoms with Crippen LogP contribution in [-0.4, -0.2) is 136 Å². The highest BCUT2D eigenvalue weighted by Gasteiger charge is 2.49. The quantitative estimate of drug-likeness (QED) is 0.161. The lowest BCUT2D eigenvalue weighted by atomic mass is 9.89. The van der Waals surface area contributed by atoms with Crippen molar-refractivity contribution in [2.75, 3.05) is 49.0 Å². The molecule has 1 saturated heterocycles. The third-order valence-corrected chi connectivity index (χ3v) is 11.6. The molecular weight excluding hydrogens is 737 g/mol. The largest absolute Gasteiger partial charge is 0.379 e. The molecule has 314 valence electrons. The topological polar surface area (TPSA) is 161 Å². The standard InChI is InChI=1S/C41H66N6O8S/c1-13-26(6)34(47(9)41(51)32(24(2)3)45-38(49)33(25(4)5)46(7)8)29(52-10)22-31(48)43-23-30-35(53-11)36(54-12)37(55-30)39(50)44-28(40-42-19-20-56-40)21-27-17-15-14-16-18-27/h14-20,24-26,28-30,32-37H,13,21-23H2,1-12H3,(H,43,48)(H,44,50)(H,45,49)/t26-,28-,29-,30?,32-,33-,34?,35+,36-,37-/m0/s1. The Hall–Kier alpha value is -3.47. The number of thiazole rings is 1. The summed E-state index contributed by atoms with van der Waals surface area (Å²) >= 11 is 1.46. The molecule has 0 saturated carbocycles. The molecule has 1 aromatic carbocycles. The summed E-state index contributed by atoms with van der Waals surface area (Å²) in [6, 6.07) is 7.82. The molecule has 4 amide bonds. The van der Waals surface area contributed by atoms with Gasteiger partial charge in [-0.2, -0.15) is 0 Å². The van der Waals surface area contributed by atoms with E-state index >= 15 is 0 Å². The lowest BCUT2D eigenvalue weighted by Crippen LogP contribution is -2.59. The van der Waals surface area contributed by atoms with Crippen LogP contribution in [0.2, 0.25) is 0 Å². The third-order valence-electron chi connectivity index (χ3n) is 10.7. The van der Waals surface area contributed by atoms with Crippen LogP contribution in [0.25, 0.3) is 0 Å². The van der Waals surface area contributed by atoms with Gasteiger partial charge in [-0.05, 0) is 43.8 Å². The molecular formula is C41H66N6O8S. The highest BCUT2D eigenvalue weighted by Crippen LogP contribution is 2.29. The predicted octanol–water partition coefficient (Wildman–Crippen LogP) is 3.46. The molecule has 0 radical (unpaired) electrons. The normalized spacial score (nSPS) is 21.6. The van der Waals surface area contributed by atoms with Gasteiger partial charge in [-0.25, -0.2) is 4.98 Å². The molecule has 0 bridgehead atoms. The van der Waals surface area contributed by atoms with Crippen molar-refractivity contribution in [3.8, 4) is 0 Å². The zero-order chi connectivity index (χ0) is 41.7. The number of aromatic nitrogens is 1. The number of hydrogen-bond donors (Lipinski definition) is 3. The first-order valence-corrected chi connectivity index (χ1v) is 20.4. The lowest BCUT2D eigenvalue weighted by molar-refractivity contribution is -0.144. The van der Waals surface area contributed by atoms with Crippen LogP contribution in [0.15, 0.2) is 41.9 Å². The second-order valence-electron chi connectivity index (χ2n) is 15.6.